The molecule has 0 aliphatic heterocycles. The van der Waals surface area contributed by atoms with Crippen LogP contribution < -0.4 is 0 Å². The minimum atomic E-state index is -0.0462. The van der Waals surface area contributed by atoms with E-state index in [1.54, 1.807) is 24.3 Å². The van der Waals surface area contributed by atoms with Crippen molar-refractivity contribution in [3.63, 3.8) is 0 Å². The molecule has 1 N–H and O–H groups in total. The molecule has 3 heteroatoms. The van der Waals surface area contributed by atoms with E-state index in [-0.39, 0.29) is 11.5 Å². The third-order valence-corrected chi connectivity index (χ3v) is 2.21. The maximum absolute atomic E-state index is 10.7. The molecule has 0 aromatic heterocycles. The summed E-state index contributed by atoms with van der Waals surface area (Å²) >= 11 is 3.27. The monoisotopic (exact) mass is 240 g/mol. The van der Waals surface area contributed by atoms with Crippen molar-refractivity contribution >= 4 is 27.8 Å². The van der Waals surface area contributed by atoms with E-state index in [1.807, 2.05) is 0 Å². The van der Waals surface area contributed by atoms with Crippen molar-refractivity contribution in [2.75, 3.05) is 0 Å². The summed E-state index contributed by atoms with van der Waals surface area (Å²) in [4.78, 5) is 10.7. The second-order valence-electron chi connectivity index (χ2n) is 2.62. The summed E-state index contributed by atoms with van der Waals surface area (Å²) in [5.41, 5.74) is 0.623. The summed E-state index contributed by atoms with van der Waals surface area (Å²) in [6, 6.07) is 5.11. The van der Waals surface area contributed by atoms with Gasteiger partial charge in [0.15, 0.2) is 5.78 Å². The molecule has 1 rings (SSSR count). The topological polar surface area (TPSA) is 37.3 Å². The summed E-state index contributed by atoms with van der Waals surface area (Å²) in [5, 5.41) is 9.41. The Balaban J connectivity index is 3.06. The van der Waals surface area contributed by atoms with Gasteiger partial charge in [0, 0.05) is 10.0 Å². The molecule has 0 aliphatic rings. The van der Waals surface area contributed by atoms with Crippen LogP contribution >= 0.6 is 15.9 Å². The average Bonchev–Trinajstić information content (AvgIpc) is 2.03. The molecule has 0 saturated heterocycles. The molecule has 0 atom stereocenters. The van der Waals surface area contributed by atoms with Crippen LogP contribution in [0.2, 0.25) is 0 Å². The Morgan fingerprint density at radius 2 is 2.23 bits per heavy atom. The Hall–Kier alpha value is -1.09. The lowest BCUT2D eigenvalue weighted by Gasteiger charge is -2.00. The first-order valence-electron chi connectivity index (χ1n) is 3.77. The molecule has 0 unspecified atom stereocenters. The molecular formula is C10H9BrO2. The first-order chi connectivity index (χ1) is 6.11. The molecular weight excluding hydrogens is 232 g/mol. The fourth-order valence-electron chi connectivity index (χ4n) is 0.891. The molecule has 0 bridgehead atoms. The minimum absolute atomic E-state index is 0.0462. The Kier molecular flexibility index (Phi) is 3.25. The quantitative estimate of drug-likeness (QED) is 0.808. The number of carbonyl (C=O) groups is 1. The number of hydrogen-bond donors (Lipinski definition) is 1. The third kappa shape index (κ3) is 2.70. The van der Waals surface area contributed by atoms with Gasteiger partial charge < -0.3 is 5.11 Å². The van der Waals surface area contributed by atoms with Crippen LogP contribution in [0.4, 0.5) is 0 Å². The van der Waals surface area contributed by atoms with Crippen molar-refractivity contribution in [1.82, 2.24) is 0 Å². The van der Waals surface area contributed by atoms with Crippen molar-refractivity contribution < 1.29 is 9.90 Å². The van der Waals surface area contributed by atoms with E-state index in [2.05, 4.69) is 15.9 Å². The van der Waals surface area contributed by atoms with Crippen LogP contribution in [-0.2, 0) is 4.79 Å². The van der Waals surface area contributed by atoms with Gasteiger partial charge >= 0.3 is 0 Å². The zero-order valence-electron chi connectivity index (χ0n) is 7.12. The fourth-order valence-corrected chi connectivity index (χ4v) is 1.38. The number of aromatic hydroxyl groups is 1. The number of phenolic OH excluding ortho intramolecular Hbond substituents is 1. The summed E-state index contributed by atoms with van der Waals surface area (Å²) in [5.74, 6) is 0.113. The number of rotatable bonds is 2. The Morgan fingerprint density at radius 1 is 1.54 bits per heavy atom. The van der Waals surface area contributed by atoms with E-state index < -0.39 is 0 Å². The molecule has 0 spiro atoms. The van der Waals surface area contributed by atoms with E-state index in [9.17, 15) is 9.90 Å². The average molecular weight is 241 g/mol. The van der Waals surface area contributed by atoms with Crippen LogP contribution in [0.25, 0.3) is 6.08 Å². The van der Waals surface area contributed by atoms with E-state index in [4.69, 9.17) is 0 Å². The van der Waals surface area contributed by atoms with E-state index >= 15 is 0 Å². The first-order valence-corrected chi connectivity index (χ1v) is 4.56. The first kappa shape index (κ1) is 9.99. The number of allylic oxidation sites excluding steroid dienone is 1. The molecule has 1 aromatic carbocycles. The predicted octanol–water partition coefficient (Wildman–Crippen LogP) is 2.76. The largest absolute Gasteiger partial charge is 0.507 e. The highest BCUT2D eigenvalue weighted by Gasteiger charge is 2.00. The highest BCUT2D eigenvalue weighted by molar-refractivity contribution is 9.10. The van der Waals surface area contributed by atoms with Crippen LogP contribution in [0.1, 0.15) is 12.5 Å². The van der Waals surface area contributed by atoms with Gasteiger partial charge in [-0.3, -0.25) is 4.79 Å². The number of phenols is 1. The number of halogens is 1. The van der Waals surface area contributed by atoms with Crippen LogP contribution in [-0.4, -0.2) is 10.9 Å². The summed E-state index contributed by atoms with van der Waals surface area (Å²) in [7, 11) is 0. The molecule has 0 amide bonds. The lowest BCUT2D eigenvalue weighted by atomic mass is 10.2. The van der Waals surface area contributed by atoms with Crippen molar-refractivity contribution in [3.8, 4) is 5.75 Å². The lowest BCUT2D eigenvalue weighted by molar-refractivity contribution is -0.112. The second kappa shape index (κ2) is 4.23. The highest BCUT2D eigenvalue weighted by Crippen LogP contribution is 2.26. The van der Waals surface area contributed by atoms with Gasteiger partial charge in [-0.25, -0.2) is 0 Å². The van der Waals surface area contributed by atoms with Gasteiger partial charge in [-0.2, -0.15) is 0 Å². The van der Waals surface area contributed by atoms with Crippen LogP contribution in [0.15, 0.2) is 28.7 Å². The van der Waals surface area contributed by atoms with Gasteiger partial charge in [-0.05, 0) is 31.2 Å². The number of ketones is 1. The number of benzene rings is 1. The summed E-state index contributed by atoms with van der Waals surface area (Å²) < 4.78 is 0.769. The summed E-state index contributed by atoms with van der Waals surface area (Å²) in [6.07, 6.45) is 3.00. The molecule has 0 radical (unpaired) electrons. The molecule has 0 fully saturated rings. The van der Waals surface area contributed by atoms with Crippen molar-refractivity contribution in [3.05, 3.63) is 34.3 Å². The van der Waals surface area contributed by atoms with Crippen LogP contribution in [0.5, 0.6) is 5.75 Å². The minimum Gasteiger partial charge on any atom is -0.507 e. The Bertz CT molecular complexity index is 336. The van der Waals surface area contributed by atoms with Crippen molar-refractivity contribution in [1.29, 1.82) is 0 Å². The van der Waals surface area contributed by atoms with Crippen molar-refractivity contribution in [2.24, 2.45) is 0 Å². The SMILES string of the molecule is CC(=O)/C=C/c1c(O)cccc1Br. The van der Waals surface area contributed by atoms with Crippen LogP contribution in [0, 0.1) is 0 Å². The molecule has 0 heterocycles. The zero-order valence-corrected chi connectivity index (χ0v) is 8.71. The highest BCUT2D eigenvalue weighted by atomic mass is 79.9. The predicted molar refractivity (Wildman–Crippen MR) is 55.5 cm³/mol. The molecule has 0 aliphatic carbocycles. The third-order valence-electron chi connectivity index (χ3n) is 1.51. The van der Waals surface area contributed by atoms with Gasteiger partial charge in [0.05, 0.1) is 0 Å². The van der Waals surface area contributed by atoms with Gasteiger partial charge in [0.25, 0.3) is 0 Å². The lowest BCUT2D eigenvalue weighted by Crippen LogP contribution is -1.82. The van der Waals surface area contributed by atoms with Gasteiger partial charge in [-0.1, -0.05) is 22.0 Å². The zero-order chi connectivity index (χ0) is 9.84. The number of carbonyl (C=O) groups excluding carboxylic acids is 1. The van der Waals surface area contributed by atoms with E-state index in [0.717, 1.165) is 4.47 Å². The molecule has 1 aromatic rings. The molecule has 2 nitrogen and oxygen atoms in total. The summed E-state index contributed by atoms with van der Waals surface area (Å²) in [6.45, 7) is 1.46. The standard InChI is InChI=1S/C10H9BrO2/c1-7(12)5-6-8-9(11)3-2-4-10(8)13/h2-6,13H,1H3/b6-5+. The van der Waals surface area contributed by atoms with Gasteiger partial charge in [-0.15, -0.1) is 0 Å². The molecule has 0 saturated carbocycles. The smallest absolute Gasteiger partial charge is 0.152 e. The van der Waals surface area contributed by atoms with Gasteiger partial charge in [0.2, 0.25) is 0 Å². The Labute approximate surface area is 85.0 Å². The number of hydrogen-bond acceptors (Lipinski definition) is 2. The van der Waals surface area contributed by atoms with E-state index in [0.29, 0.717) is 5.56 Å². The maximum Gasteiger partial charge on any atom is 0.152 e. The normalized spacial score (nSPS) is 10.6. The fraction of sp³-hybridized carbons (Fsp3) is 0.100. The maximum atomic E-state index is 10.7. The van der Waals surface area contributed by atoms with Crippen LogP contribution in [0.3, 0.4) is 0 Å². The second-order valence-corrected chi connectivity index (χ2v) is 3.47. The van der Waals surface area contributed by atoms with Crippen molar-refractivity contribution in [2.45, 2.75) is 6.92 Å². The Morgan fingerprint density at radius 3 is 2.77 bits per heavy atom. The van der Waals surface area contributed by atoms with Gasteiger partial charge in [0.1, 0.15) is 5.75 Å². The molecule has 13 heavy (non-hydrogen) atoms. The molecule has 68 valence electrons. The van der Waals surface area contributed by atoms with E-state index in [1.165, 1.54) is 13.0 Å².